The van der Waals surface area contributed by atoms with E-state index in [0.29, 0.717) is 26.4 Å². The van der Waals surface area contributed by atoms with Crippen molar-refractivity contribution in [3.8, 4) is 5.88 Å². The van der Waals surface area contributed by atoms with Crippen molar-refractivity contribution < 1.29 is 27.7 Å². The molecule has 0 aliphatic heterocycles. The monoisotopic (exact) mass is 306 g/mol. The predicted octanol–water partition coefficient (Wildman–Crippen LogP) is 1.46. The van der Waals surface area contributed by atoms with Crippen molar-refractivity contribution in [3.63, 3.8) is 0 Å². The summed E-state index contributed by atoms with van der Waals surface area (Å²) >= 11 is 0. The van der Waals surface area contributed by atoms with Crippen LogP contribution in [0.2, 0.25) is 0 Å². The molecule has 0 amide bonds. The van der Waals surface area contributed by atoms with Crippen molar-refractivity contribution >= 4 is 5.82 Å². The number of hydrogen-bond acceptors (Lipinski definition) is 6. The van der Waals surface area contributed by atoms with Crippen molar-refractivity contribution in [3.05, 3.63) is 17.7 Å². The number of ether oxygens (including phenoxy) is 4. The summed E-state index contributed by atoms with van der Waals surface area (Å²) in [5.41, 5.74) is 0. The molecule has 1 aromatic rings. The zero-order chi connectivity index (χ0) is 15.5. The molecule has 120 valence electrons. The van der Waals surface area contributed by atoms with Crippen molar-refractivity contribution in [1.82, 2.24) is 4.98 Å². The molecule has 0 saturated carbocycles. The second kappa shape index (κ2) is 10.3. The van der Waals surface area contributed by atoms with Crippen LogP contribution >= 0.6 is 0 Å². The van der Waals surface area contributed by atoms with Gasteiger partial charge in [0, 0.05) is 20.2 Å². The average Bonchev–Trinajstić information content (AvgIpc) is 2.47. The molecule has 1 aromatic heterocycles. The van der Waals surface area contributed by atoms with E-state index in [0.717, 1.165) is 6.07 Å². The van der Waals surface area contributed by atoms with E-state index in [2.05, 4.69) is 10.3 Å². The molecule has 0 aliphatic carbocycles. The van der Waals surface area contributed by atoms with Crippen LogP contribution in [0.5, 0.6) is 5.88 Å². The third kappa shape index (κ3) is 6.65. The molecule has 6 nitrogen and oxygen atoms in total. The minimum absolute atomic E-state index is 0.0705. The molecule has 0 radical (unpaired) electrons. The maximum atomic E-state index is 13.4. The smallest absolute Gasteiger partial charge is 0.252 e. The molecule has 1 N–H and O–H groups in total. The summed E-state index contributed by atoms with van der Waals surface area (Å²) in [5, 5.41) is 2.51. The summed E-state index contributed by atoms with van der Waals surface area (Å²) in [6, 6.07) is 0.721. The Hall–Kier alpha value is -1.51. The highest BCUT2D eigenvalue weighted by atomic mass is 19.1. The predicted molar refractivity (Wildman–Crippen MR) is 72.7 cm³/mol. The van der Waals surface area contributed by atoms with E-state index >= 15 is 0 Å². The molecule has 0 atom stereocenters. The molecule has 0 saturated heterocycles. The molecular weight excluding hydrogens is 286 g/mol. The molecule has 0 unspecified atom stereocenters. The van der Waals surface area contributed by atoms with Gasteiger partial charge in [-0.05, 0) is 0 Å². The molecule has 8 heteroatoms. The van der Waals surface area contributed by atoms with Crippen LogP contribution in [0.3, 0.4) is 0 Å². The number of anilines is 1. The summed E-state index contributed by atoms with van der Waals surface area (Å²) in [6.45, 7) is 2.24. The lowest BCUT2D eigenvalue weighted by Gasteiger charge is -2.09. The zero-order valence-corrected chi connectivity index (χ0v) is 12.2. The highest BCUT2D eigenvalue weighted by Crippen LogP contribution is 2.20. The number of aromatic nitrogens is 1. The van der Waals surface area contributed by atoms with Crippen LogP contribution in [0.1, 0.15) is 0 Å². The third-order valence-corrected chi connectivity index (χ3v) is 2.40. The van der Waals surface area contributed by atoms with Gasteiger partial charge in [0.15, 0.2) is 17.5 Å². The lowest BCUT2D eigenvalue weighted by atomic mass is 10.4. The second-order valence-electron chi connectivity index (χ2n) is 3.92. The number of halogens is 2. The van der Waals surface area contributed by atoms with E-state index < -0.39 is 11.6 Å². The summed E-state index contributed by atoms with van der Waals surface area (Å²) in [4.78, 5) is 3.68. The van der Waals surface area contributed by atoms with Crippen LogP contribution < -0.4 is 10.1 Å². The topological polar surface area (TPSA) is 61.8 Å². The molecular formula is C13H20F2N2O4. The van der Waals surface area contributed by atoms with Gasteiger partial charge in [-0.15, -0.1) is 0 Å². The van der Waals surface area contributed by atoms with Crippen molar-refractivity contribution in [2.24, 2.45) is 0 Å². The molecule has 1 heterocycles. The van der Waals surface area contributed by atoms with Gasteiger partial charge >= 0.3 is 0 Å². The molecule has 0 aromatic carbocycles. The Morgan fingerprint density at radius 3 is 2.24 bits per heavy atom. The van der Waals surface area contributed by atoms with Gasteiger partial charge in [0.05, 0.1) is 33.0 Å². The maximum absolute atomic E-state index is 13.4. The van der Waals surface area contributed by atoms with Gasteiger partial charge in [0.1, 0.15) is 6.61 Å². The summed E-state index contributed by atoms with van der Waals surface area (Å²) in [6.07, 6.45) is 0. The first-order valence-corrected chi connectivity index (χ1v) is 6.50. The first-order valence-electron chi connectivity index (χ1n) is 6.50. The molecule has 0 bridgehead atoms. The van der Waals surface area contributed by atoms with E-state index in [4.69, 9.17) is 18.9 Å². The third-order valence-electron chi connectivity index (χ3n) is 2.40. The van der Waals surface area contributed by atoms with Gasteiger partial charge in [0.25, 0.3) is 5.88 Å². The first-order chi connectivity index (χ1) is 10.2. The molecule has 0 fully saturated rings. The lowest BCUT2D eigenvalue weighted by Crippen LogP contribution is -2.13. The van der Waals surface area contributed by atoms with Crippen LogP contribution in [0.4, 0.5) is 14.6 Å². The number of hydrogen-bond donors (Lipinski definition) is 1. The molecule has 1 rings (SSSR count). The quantitative estimate of drug-likeness (QED) is 0.625. The van der Waals surface area contributed by atoms with Crippen molar-refractivity contribution in [2.75, 3.05) is 59.1 Å². The minimum atomic E-state index is -0.852. The zero-order valence-electron chi connectivity index (χ0n) is 12.2. The van der Waals surface area contributed by atoms with Crippen molar-refractivity contribution in [2.45, 2.75) is 0 Å². The summed E-state index contributed by atoms with van der Waals surface area (Å²) in [5.74, 6) is -1.96. The van der Waals surface area contributed by atoms with Gasteiger partial charge in [-0.1, -0.05) is 0 Å². The average molecular weight is 306 g/mol. The summed E-state index contributed by atoms with van der Waals surface area (Å²) in [7, 11) is 3.08. The van der Waals surface area contributed by atoms with Gasteiger partial charge in [0.2, 0.25) is 0 Å². The normalized spacial score (nSPS) is 10.7. The maximum Gasteiger partial charge on any atom is 0.252 e. The van der Waals surface area contributed by atoms with E-state index in [1.807, 2.05) is 0 Å². The Balaban J connectivity index is 2.18. The van der Waals surface area contributed by atoms with Crippen molar-refractivity contribution in [1.29, 1.82) is 0 Å². The molecule has 21 heavy (non-hydrogen) atoms. The number of nitrogens with zero attached hydrogens (tertiary/aromatic N) is 1. The highest BCUT2D eigenvalue weighted by Gasteiger charge is 2.11. The standard InChI is InChI=1S/C13H20F2N2O4/c1-16-12-10(14)9-11(15)13(17-12)21-8-7-20-6-5-19-4-3-18-2/h9H,3-8H2,1-2H3,(H,16,17). The fourth-order valence-corrected chi connectivity index (χ4v) is 1.39. The Bertz CT molecular complexity index is 421. The van der Waals surface area contributed by atoms with Gasteiger partial charge < -0.3 is 24.3 Å². The number of rotatable bonds is 11. The summed E-state index contributed by atoms with van der Waals surface area (Å²) < 4.78 is 46.9. The number of nitrogens with one attached hydrogen (secondary N) is 1. The van der Waals surface area contributed by atoms with Crippen LogP contribution in [-0.2, 0) is 14.2 Å². The molecule has 0 aliphatic rings. The Labute approximate surface area is 122 Å². The van der Waals surface area contributed by atoms with Crippen LogP contribution in [0, 0.1) is 11.6 Å². The van der Waals surface area contributed by atoms with Crippen LogP contribution in [0.25, 0.3) is 0 Å². The van der Waals surface area contributed by atoms with Crippen LogP contribution in [-0.4, -0.2) is 58.8 Å². The fourth-order valence-electron chi connectivity index (χ4n) is 1.39. The Morgan fingerprint density at radius 1 is 1.00 bits per heavy atom. The van der Waals surface area contributed by atoms with E-state index in [-0.39, 0.29) is 24.9 Å². The SMILES string of the molecule is CNc1nc(OCCOCCOCCOC)c(F)cc1F. The molecule has 0 spiro atoms. The van der Waals surface area contributed by atoms with Gasteiger partial charge in [-0.2, -0.15) is 4.98 Å². The minimum Gasteiger partial charge on any atom is -0.473 e. The second-order valence-corrected chi connectivity index (χ2v) is 3.92. The van der Waals surface area contributed by atoms with E-state index in [9.17, 15) is 8.78 Å². The largest absolute Gasteiger partial charge is 0.473 e. The van der Waals surface area contributed by atoms with E-state index in [1.165, 1.54) is 7.05 Å². The first kappa shape index (κ1) is 17.5. The Kier molecular flexibility index (Phi) is 8.56. The fraction of sp³-hybridized carbons (Fsp3) is 0.615. The Morgan fingerprint density at radius 2 is 1.62 bits per heavy atom. The van der Waals surface area contributed by atoms with Gasteiger partial charge in [-0.3, -0.25) is 0 Å². The van der Waals surface area contributed by atoms with Gasteiger partial charge in [-0.25, -0.2) is 8.78 Å². The lowest BCUT2D eigenvalue weighted by molar-refractivity contribution is 0.0174. The number of pyridine rings is 1. The van der Waals surface area contributed by atoms with Crippen LogP contribution in [0.15, 0.2) is 6.07 Å². The number of methoxy groups -OCH3 is 1. The van der Waals surface area contributed by atoms with E-state index in [1.54, 1.807) is 7.11 Å². The highest BCUT2D eigenvalue weighted by molar-refractivity contribution is 5.38.